The second-order valence-electron chi connectivity index (χ2n) is 5.11. The van der Waals surface area contributed by atoms with E-state index < -0.39 is 11.6 Å². The van der Waals surface area contributed by atoms with E-state index >= 15 is 0 Å². The number of halogens is 2. The fraction of sp³-hybridized carbons (Fsp3) is 0.429. The summed E-state index contributed by atoms with van der Waals surface area (Å²) in [6.45, 7) is 7.34. The molecule has 6 heteroatoms. The number of aryl methyl sites for hydroxylation is 1. The van der Waals surface area contributed by atoms with Gasteiger partial charge in [-0.15, -0.1) is 10.2 Å². The van der Waals surface area contributed by atoms with E-state index in [-0.39, 0.29) is 0 Å². The number of rotatable bonds is 5. The van der Waals surface area contributed by atoms with Crippen LogP contribution in [0.1, 0.15) is 24.4 Å². The van der Waals surface area contributed by atoms with Crippen LogP contribution in [0.4, 0.5) is 8.78 Å². The van der Waals surface area contributed by atoms with E-state index in [0.717, 1.165) is 17.6 Å². The molecule has 2 aromatic rings. The summed E-state index contributed by atoms with van der Waals surface area (Å²) in [6, 6.07) is 2.36. The summed E-state index contributed by atoms with van der Waals surface area (Å²) in [5, 5.41) is 12.5. The van der Waals surface area contributed by atoms with E-state index in [4.69, 9.17) is 0 Å². The highest BCUT2D eigenvalue weighted by Gasteiger charge is 2.13. The SMILES string of the molecule is Cc1cc(-c2nnc(CNCC(C)C)s2)c(F)cc1F. The predicted molar refractivity (Wildman–Crippen MR) is 76.5 cm³/mol. The molecule has 0 saturated heterocycles. The Hall–Kier alpha value is -1.40. The first-order chi connectivity index (χ1) is 9.47. The molecule has 0 saturated carbocycles. The van der Waals surface area contributed by atoms with Crippen LogP contribution in [0.25, 0.3) is 10.6 Å². The molecule has 1 heterocycles. The lowest BCUT2D eigenvalue weighted by atomic mass is 10.1. The standard InChI is InChI=1S/C14H17F2N3S/c1-8(2)6-17-7-13-18-19-14(20-13)10-4-9(3)11(15)5-12(10)16/h4-5,8,17H,6-7H2,1-3H3. The number of benzene rings is 1. The summed E-state index contributed by atoms with van der Waals surface area (Å²) in [4.78, 5) is 0. The Balaban J connectivity index is 2.14. The molecule has 20 heavy (non-hydrogen) atoms. The third-order valence-electron chi connectivity index (χ3n) is 2.77. The summed E-state index contributed by atoms with van der Waals surface area (Å²) in [7, 11) is 0. The first-order valence-corrected chi connectivity index (χ1v) is 7.28. The van der Waals surface area contributed by atoms with E-state index in [1.54, 1.807) is 6.92 Å². The molecule has 108 valence electrons. The molecule has 1 N–H and O–H groups in total. The van der Waals surface area contributed by atoms with Gasteiger partial charge >= 0.3 is 0 Å². The average molecular weight is 297 g/mol. The maximum absolute atomic E-state index is 13.8. The molecular formula is C14H17F2N3S. The summed E-state index contributed by atoms with van der Waals surface area (Å²) in [6.07, 6.45) is 0. The van der Waals surface area contributed by atoms with Crippen LogP contribution in [0.15, 0.2) is 12.1 Å². The van der Waals surface area contributed by atoms with Crippen LogP contribution in [-0.2, 0) is 6.54 Å². The maximum Gasteiger partial charge on any atom is 0.150 e. The molecule has 0 amide bonds. The second-order valence-corrected chi connectivity index (χ2v) is 6.17. The topological polar surface area (TPSA) is 37.8 Å². The van der Waals surface area contributed by atoms with Crippen LogP contribution in [0.5, 0.6) is 0 Å². The second kappa shape index (κ2) is 6.37. The van der Waals surface area contributed by atoms with Gasteiger partial charge in [0.05, 0.1) is 0 Å². The lowest BCUT2D eigenvalue weighted by Crippen LogP contribution is -2.18. The van der Waals surface area contributed by atoms with Crippen molar-refractivity contribution in [2.75, 3.05) is 6.54 Å². The zero-order valence-corrected chi connectivity index (χ0v) is 12.5. The first kappa shape index (κ1) is 15.0. The van der Waals surface area contributed by atoms with Crippen molar-refractivity contribution in [3.8, 4) is 10.6 Å². The van der Waals surface area contributed by atoms with Crippen LogP contribution in [-0.4, -0.2) is 16.7 Å². The van der Waals surface area contributed by atoms with Crippen molar-refractivity contribution in [3.63, 3.8) is 0 Å². The zero-order chi connectivity index (χ0) is 14.7. The van der Waals surface area contributed by atoms with Crippen LogP contribution >= 0.6 is 11.3 Å². The first-order valence-electron chi connectivity index (χ1n) is 6.46. The van der Waals surface area contributed by atoms with Crippen molar-refractivity contribution in [2.45, 2.75) is 27.3 Å². The largest absolute Gasteiger partial charge is 0.310 e. The van der Waals surface area contributed by atoms with Gasteiger partial charge in [-0.2, -0.15) is 0 Å². The molecule has 0 aliphatic carbocycles. The molecule has 0 aliphatic rings. The van der Waals surface area contributed by atoms with E-state index in [1.165, 1.54) is 17.4 Å². The Morgan fingerprint density at radius 2 is 1.95 bits per heavy atom. The molecule has 1 aromatic carbocycles. The average Bonchev–Trinajstić information content (AvgIpc) is 2.82. The summed E-state index contributed by atoms with van der Waals surface area (Å²) in [5.41, 5.74) is 0.701. The lowest BCUT2D eigenvalue weighted by Gasteiger charge is -2.04. The minimum atomic E-state index is -0.606. The van der Waals surface area contributed by atoms with Crippen molar-refractivity contribution in [1.82, 2.24) is 15.5 Å². The summed E-state index contributed by atoms with van der Waals surface area (Å²) < 4.78 is 27.0. The van der Waals surface area contributed by atoms with Crippen LogP contribution in [0, 0.1) is 24.5 Å². The highest BCUT2D eigenvalue weighted by Crippen LogP contribution is 2.28. The number of hydrogen-bond acceptors (Lipinski definition) is 4. The lowest BCUT2D eigenvalue weighted by molar-refractivity contribution is 0.550. The third kappa shape index (κ3) is 3.58. The van der Waals surface area contributed by atoms with Gasteiger partial charge in [0.25, 0.3) is 0 Å². The molecule has 0 radical (unpaired) electrons. The molecule has 3 nitrogen and oxygen atoms in total. The summed E-state index contributed by atoms with van der Waals surface area (Å²) in [5.74, 6) is -0.597. The van der Waals surface area contributed by atoms with Gasteiger partial charge in [0.15, 0.2) is 5.01 Å². The fourth-order valence-electron chi connectivity index (χ4n) is 1.72. The molecule has 0 aliphatic heterocycles. The van der Waals surface area contributed by atoms with Crippen molar-refractivity contribution in [1.29, 1.82) is 0 Å². The highest BCUT2D eigenvalue weighted by molar-refractivity contribution is 7.14. The van der Waals surface area contributed by atoms with Gasteiger partial charge in [0.1, 0.15) is 16.6 Å². The quantitative estimate of drug-likeness (QED) is 0.917. The molecule has 0 atom stereocenters. The maximum atomic E-state index is 13.8. The smallest absolute Gasteiger partial charge is 0.150 e. The van der Waals surface area contributed by atoms with Gasteiger partial charge in [-0.05, 0) is 31.0 Å². The Bertz CT molecular complexity index is 596. The monoisotopic (exact) mass is 297 g/mol. The van der Waals surface area contributed by atoms with Crippen LogP contribution in [0.3, 0.4) is 0 Å². The molecule has 2 rings (SSSR count). The number of nitrogens with one attached hydrogen (secondary N) is 1. The highest BCUT2D eigenvalue weighted by atomic mass is 32.1. The Morgan fingerprint density at radius 3 is 2.65 bits per heavy atom. The summed E-state index contributed by atoms with van der Waals surface area (Å²) >= 11 is 1.32. The van der Waals surface area contributed by atoms with Crippen LogP contribution in [0.2, 0.25) is 0 Å². The van der Waals surface area contributed by atoms with Crippen molar-refractivity contribution in [2.24, 2.45) is 5.92 Å². The van der Waals surface area contributed by atoms with Crippen molar-refractivity contribution >= 4 is 11.3 Å². The van der Waals surface area contributed by atoms with Gasteiger partial charge in [-0.1, -0.05) is 25.2 Å². The van der Waals surface area contributed by atoms with Gasteiger partial charge < -0.3 is 5.32 Å². The van der Waals surface area contributed by atoms with E-state index in [1.807, 2.05) is 0 Å². The molecule has 0 bridgehead atoms. The van der Waals surface area contributed by atoms with Crippen LogP contribution < -0.4 is 5.32 Å². The third-order valence-corrected chi connectivity index (χ3v) is 3.73. The number of hydrogen-bond donors (Lipinski definition) is 1. The van der Waals surface area contributed by atoms with Gasteiger partial charge in [-0.25, -0.2) is 8.78 Å². The Morgan fingerprint density at radius 1 is 1.20 bits per heavy atom. The van der Waals surface area contributed by atoms with E-state index in [9.17, 15) is 8.78 Å². The normalized spacial score (nSPS) is 11.3. The van der Waals surface area contributed by atoms with Crippen molar-refractivity contribution < 1.29 is 8.78 Å². The van der Waals surface area contributed by atoms with E-state index in [2.05, 4.69) is 29.4 Å². The Kier molecular flexibility index (Phi) is 4.77. The van der Waals surface area contributed by atoms with Gasteiger partial charge in [-0.3, -0.25) is 0 Å². The fourth-order valence-corrected chi connectivity index (χ4v) is 2.55. The predicted octanol–water partition coefficient (Wildman–Crippen LogP) is 3.54. The molecule has 1 aromatic heterocycles. The molecule has 0 fully saturated rings. The van der Waals surface area contributed by atoms with Gasteiger partial charge in [0, 0.05) is 18.2 Å². The minimum absolute atomic E-state index is 0.302. The zero-order valence-electron chi connectivity index (χ0n) is 11.7. The molecular weight excluding hydrogens is 280 g/mol. The molecule has 0 unspecified atom stereocenters. The minimum Gasteiger partial charge on any atom is -0.310 e. The Labute approximate surface area is 121 Å². The van der Waals surface area contributed by atoms with Crippen molar-refractivity contribution in [3.05, 3.63) is 34.3 Å². The van der Waals surface area contributed by atoms with Gasteiger partial charge in [0.2, 0.25) is 0 Å². The number of nitrogens with zero attached hydrogens (tertiary/aromatic N) is 2. The van der Waals surface area contributed by atoms with E-state index in [0.29, 0.717) is 28.6 Å². The number of aromatic nitrogens is 2. The molecule has 0 spiro atoms.